The van der Waals surface area contributed by atoms with Crippen LogP contribution in [0.2, 0.25) is 0 Å². The number of hydrogen-bond acceptors (Lipinski definition) is 7. The fraction of sp³-hybridized carbons (Fsp3) is 0.571. The highest BCUT2D eigenvalue weighted by Crippen LogP contribution is 2.20. The van der Waals surface area contributed by atoms with Crippen molar-refractivity contribution >= 4 is 17.5 Å². The van der Waals surface area contributed by atoms with Crippen molar-refractivity contribution in [1.82, 2.24) is 9.88 Å². The fourth-order valence-corrected chi connectivity index (χ4v) is 1.59. The summed E-state index contributed by atoms with van der Waals surface area (Å²) in [6.45, 7) is 4.71. The molecule has 0 radical (unpaired) electrons. The summed E-state index contributed by atoms with van der Waals surface area (Å²) in [6.07, 6.45) is 1.53. The standard InChI is InChI=1S/C14H24N4O3/c1-4-21-14(19)11-5-6-16-13(12(11)15)17-7-9-20-10-8-18(2)3/h5-6H,4,7-10,15H2,1-3H3,(H,16,17). The molecule has 0 atom stereocenters. The van der Waals surface area contributed by atoms with Crippen molar-refractivity contribution < 1.29 is 14.3 Å². The monoisotopic (exact) mass is 296 g/mol. The van der Waals surface area contributed by atoms with Gasteiger partial charge in [0.05, 0.1) is 31.1 Å². The Hall–Kier alpha value is -1.86. The number of pyridine rings is 1. The third kappa shape index (κ3) is 5.97. The van der Waals surface area contributed by atoms with Crippen molar-refractivity contribution in [3.63, 3.8) is 0 Å². The number of aromatic nitrogens is 1. The summed E-state index contributed by atoms with van der Waals surface area (Å²) in [4.78, 5) is 17.9. The largest absolute Gasteiger partial charge is 0.462 e. The van der Waals surface area contributed by atoms with Crippen LogP contribution in [0.1, 0.15) is 17.3 Å². The first-order valence-electron chi connectivity index (χ1n) is 6.94. The van der Waals surface area contributed by atoms with Crippen molar-refractivity contribution in [1.29, 1.82) is 0 Å². The highest BCUT2D eigenvalue weighted by molar-refractivity contribution is 5.97. The Morgan fingerprint density at radius 1 is 1.43 bits per heavy atom. The maximum absolute atomic E-state index is 11.7. The van der Waals surface area contributed by atoms with Crippen LogP contribution >= 0.6 is 0 Å². The maximum atomic E-state index is 11.7. The molecule has 0 amide bonds. The van der Waals surface area contributed by atoms with E-state index in [0.717, 1.165) is 6.54 Å². The molecule has 1 heterocycles. The summed E-state index contributed by atoms with van der Waals surface area (Å²) in [5, 5.41) is 3.06. The van der Waals surface area contributed by atoms with Gasteiger partial charge in [0, 0.05) is 19.3 Å². The second-order valence-electron chi connectivity index (χ2n) is 4.68. The first kappa shape index (κ1) is 17.2. The van der Waals surface area contributed by atoms with Crippen LogP contribution in [-0.2, 0) is 9.47 Å². The van der Waals surface area contributed by atoms with E-state index in [4.69, 9.17) is 15.2 Å². The summed E-state index contributed by atoms with van der Waals surface area (Å²) in [5.41, 5.74) is 6.54. The quantitative estimate of drug-likeness (QED) is 0.515. The molecule has 0 aromatic carbocycles. The zero-order valence-corrected chi connectivity index (χ0v) is 12.9. The van der Waals surface area contributed by atoms with E-state index in [2.05, 4.69) is 15.2 Å². The Bertz CT molecular complexity index is 452. The summed E-state index contributed by atoms with van der Waals surface area (Å²) >= 11 is 0. The SMILES string of the molecule is CCOC(=O)c1ccnc(NCCOCCN(C)C)c1N. The predicted octanol–water partition coefficient (Wildman–Crippen LogP) is 0.831. The molecule has 21 heavy (non-hydrogen) atoms. The Morgan fingerprint density at radius 3 is 2.86 bits per heavy atom. The molecule has 0 aliphatic heterocycles. The number of nitrogen functional groups attached to an aromatic ring is 1. The molecule has 0 aliphatic rings. The number of esters is 1. The zero-order valence-electron chi connectivity index (χ0n) is 12.9. The van der Waals surface area contributed by atoms with Gasteiger partial charge in [-0.1, -0.05) is 0 Å². The Kier molecular flexibility index (Phi) is 7.49. The predicted molar refractivity (Wildman–Crippen MR) is 82.5 cm³/mol. The minimum atomic E-state index is -0.442. The van der Waals surface area contributed by atoms with Crippen molar-refractivity contribution in [2.45, 2.75) is 6.92 Å². The molecule has 0 saturated carbocycles. The topological polar surface area (TPSA) is 89.7 Å². The number of carbonyl (C=O) groups is 1. The van der Waals surface area contributed by atoms with E-state index in [1.165, 1.54) is 6.20 Å². The van der Waals surface area contributed by atoms with Gasteiger partial charge in [0.2, 0.25) is 0 Å². The van der Waals surface area contributed by atoms with Crippen molar-refractivity contribution in [2.24, 2.45) is 0 Å². The molecule has 7 nitrogen and oxygen atoms in total. The zero-order chi connectivity index (χ0) is 15.7. The number of rotatable bonds is 9. The minimum absolute atomic E-state index is 0.296. The van der Waals surface area contributed by atoms with Gasteiger partial charge in [-0.3, -0.25) is 0 Å². The molecule has 0 unspecified atom stereocenters. The Balaban J connectivity index is 2.45. The first-order chi connectivity index (χ1) is 10.1. The minimum Gasteiger partial charge on any atom is -0.462 e. The normalized spacial score (nSPS) is 10.7. The van der Waals surface area contributed by atoms with Crippen LogP contribution in [0.15, 0.2) is 12.3 Å². The van der Waals surface area contributed by atoms with Gasteiger partial charge in [0.15, 0.2) is 0 Å². The molecule has 7 heteroatoms. The summed E-state index contributed by atoms with van der Waals surface area (Å²) in [5.74, 6) is 0.0273. The average molecular weight is 296 g/mol. The third-order valence-electron chi connectivity index (χ3n) is 2.71. The summed E-state index contributed by atoms with van der Waals surface area (Å²) in [7, 11) is 3.99. The van der Waals surface area contributed by atoms with Gasteiger partial charge in [-0.25, -0.2) is 9.78 Å². The van der Waals surface area contributed by atoms with Gasteiger partial charge in [-0.2, -0.15) is 0 Å². The molecule has 1 aromatic rings. The van der Waals surface area contributed by atoms with Crippen molar-refractivity contribution in [3.05, 3.63) is 17.8 Å². The van der Waals surface area contributed by atoms with Crippen LogP contribution in [0.25, 0.3) is 0 Å². The van der Waals surface area contributed by atoms with E-state index in [-0.39, 0.29) is 0 Å². The molecule has 1 rings (SSSR count). The van der Waals surface area contributed by atoms with Crippen molar-refractivity contribution in [2.75, 3.05) is 58.1 Å². The lowest BCUT2D eigenvalue weighted by molar-refractivity contribution is 0.0527. The lowest BCUT2D eigenvalue weighted by Crippen LogP contribution is -2.20. The number of anilines is 2. The number of nitrogens with zero attached hydrogens (tertiary/aromatic N) is 2. The smallest absolute Gasteiger partial charge is 0.340 e. The molecule has 118 valence electrons. The number of carbonyl (C=O) groups excluding carboxylic acids is 1. The first-order valence-corrected chi connectivity index (χ1v) is 6.94. The highest BCUT2D eigenvalue weighted by Gasteiger charge is 2.14. The summed E-state index contributed by atoms with van der Waals surface area (Å²) in [6, 6.07) is 1.55. The van der Waals surface area contributed by atoms with Gasteiger partial charge in [0.1, 0.15) is 5.82 Å². The van der Waals surface area contributed by atoms with Crippen LogP contribution in [0.4, 0.5) is 11.5 Å². The number of nitrogens with one attached hydrogen (secondary N) is 1. The molecule has 0 spiro atoms. The molecule has 3 N–H and O–H groups in total. The summed E-state index contributed by atoms with van der Waals surface area (Å²) < 4.78 is 10.4. The van der Waals surface area contributed by atoms with Crippen LogP contribution < -0.4 is 11.1 Å². The molecular formula is C14H24N4O3. The van der Waals surface area contributed by atoms with E-state index in [0.29, 0.717) is 43.4 Å². The van der Waals surface area contributed by atoms with Crippen LogP contribution in [0.5, 0.6) is 0 Å². The van der Waals surface area contributed by atoms with E-state index in [1.54, 1.807) is 13.0 Å². The van der Waals surface area contributed by atoms with E-state index in [9.17, 15) is 4.79 Å². The molecule has 0 bridgehead atoms. The van der Waals surface area contributed by atoms with Crippen molar-refractivity contribution in [3.8, 4) is 0 Å². The highest BCUT2D eigenvalue weighted by atomic mass is 16.5. The van der Waals surface area contributed by atoms with Crippen LogP contribution in [0.3, 0.4) is 0 Å². The van der Waals surface area contributed by atoms with Gasteiger partial charge in [-0.05, 0) is 27.1 Å². The molecule has 0 aliphatic carbocycles. The van der Waals surface area contributed by atoms with E-state index in [1.807, 2.05) is 14.1 Å². The second kappa shape index (κ2) is 9.15. The van der Waals surface area contributed by atoms with Gasteiger partial charge in [0.25, 0.3) is 0 Å². The second-order valence-corrected chi connectivity index (χ2v) is 4.68. The number of likely N-dealkylation sites (N-methyl/N-ethyl adjacent to an activating group) is 1. The van der Waals surface area contributed by atoms with Gasteiger partial charge in [-0.15, -0.1) is 0 Å². The molecule has 0 saturated heterocycles. The number of nitrogens with two attached hydrogens (primary N) is 1. The number of hydrogen-bond donors (Lipinski definition) is 2. The van der Waals surface area contributed by atoms with Crippen LogP contribution in [0, 0.1) is 0 Å². The lowest BCUT2D eigenvalue weighted by atomic mass is 10.2. The fourth-order valence-electron chi connectivity index (χ4n) is 1.59. The van der Waals surface area contributed by atoms with Gasteiger partial charge < -0.3 is 25.4 Å². The molecule has 0 fully saturated rings. The maximum Gasteiger partial charge on any atom is 0.340 e. The number of ether oxygens (including phenoxy) is 2. The third-order valence-corrected chi connectivity index (χ3v) is 2.71. The van der Waals surface area contributed by atoms with Crippen LogP contribution in [-0.4, -0.2) is 62.9 Å². The average Bonchev–Trinajstić information content (AvgIpc) is 2.44. The molecular weight excluding hydrogens is 272 g/mol. The Labute approximate surface area is 125 Å². The lowest BCUT2D eigenvalue weighted by Gasteiger charge is -2.12. The van der Waals surface area contributed by atoms with E-state index >= 15 is 0 Å². The molecule has 1 aromatic heterocycles. The van der Waals surface area contributed by atoms with Gasteiger partial charge >= 0.3 is 5.97 Å². The van der Waals surface area contributed by atoms with E-state index < -0.39 is 5.97 Å². The Morgan fingerprint density at radius 2 is 2.19 bits per heavy atom.